The van der Waals surface area contributed by atoms with Crippen LogP contribution in [0.3, 0.4) is 0 Å². The van der Waals surface area contributed by atoms with Gasteiger partial charge in [-0.3, -0.25) is 14.9 Å². The van der Waals surface area contributed by atoms with E-state index >= 15 is 0 Å². The predicted molar refractivity (Wildman–Crippen MR) is 133 cm³/mol. The Kier molecular flexibility index (Phi) is 7.65. The Morgan fingerprint density at radius 1 is 0.972 bits per heavy atom. The van der Waals surface area contributed by atoms with Crippen molar-refractivity contribution >= 4 is 41.2 Å². The fraction of sp³-hybridized carbons (Fsp3) is 0.148. The summed E-state index contributed by atoms with van der Waals surface area (Å²) in [6.07, 6.45) is 2.20. The Morgan fingerprint density at radius 3 is 2.36 bits per heavy atom. The normalized spacial score (nSPS) is 14.7. The van der Waals surface area contributed by atoms with Crippen LogP contribution in [0.5, 0.6) is 11.5 Å². The molecule has 0 unspecified atom stereocenters. The van der Waals surface area contributed by atoms with Crippen LogP contribution in [-0.2, 0) is 16.2 Å². The second-order valence-electron chi connectivity index (χ2n) is 7.91. The number of amides is 4. The van der Waals surface area contributed by atoms with Gasteiger partial charge in [-0.1, -0.05) is 36.7 Å². The van der Waals surface area contributed by atoms with Gasteiger partial charge in [0.05, 0.1) is 17.3 Å². The molecular weight excluding hydrogens is 487 g/mol. The number of urea groups is 1. The molecule has 4 amide bonds. The van der Waals surface area contributed by atoms with Gasteiger partial charge in [0, 0.05) is 0 Å². The molecule has 1 aliphatic rings. The molecule has 1 N–H and O–H groups in total. The number of imide groups is 2. The van der Waals surface area contributed by atoms with Gasteiger partial charge in [0.25, 0.3) is 11.8 Å². The first-order valence-electron chi connectivity index (χ1n) is 11.2. The van der Waals surface area contributed by atoms with Crippen LogP contribution in [0.1, 0.15) is 24.5 Å². The molecule has 7 nitrogen and oxygen atoms in total. The molecule has 1 aliphatic heterocycles. The number of benzene rings is 3. The van der Waals surface area contributed by atoms with E-state index < -0.39 is 17.8 Å². The van der Waals surface area contributed by atoms with E-state index in [9.17, 15) is 18.8 Å². The zero-order valence-corrected chi connectivity index (χ0v) is 20.0. The summed E-state index contributed by atoms with van der Waals surface area (Å²) < 4.78 is 24.3. The third-order valence-electron chi connectivity index (χ3n) is 5.24. The summed E-state index contributed by atoms with van der Waals surface area (Å²) >= 11 is 6.33. The van der Waals surface area contributed by atoms with E-state index in [2.05, 4.69) is 5.32 Å². The van der Waals surface area contributed by atoms with Crippen LogP contribution in [0.4, 0.5) is 14.9 Å². The zero-order chi connectivity index (χ0) is 25.7. The van der Waals surface area contributed by atoms with Crippen molar-refractivity contribution in [1.29, 1.82) is 0 Å². The van der Waals surface area contributed by atoms with Gasteiger partial charge in [-0.25, -0.2) is 14.1 Å². The average Bonchev–Trinajstić information content (AvgIpc) is 2.86. The summed E-state index contributed by atoms with van der Waals surface area (Å²) in [6, 6.07) is 16.2. The van der Waals surface area contributed by atoms with Gasteiger partial charge in [-0.15, -0.1) is 0 Å². The molecule has 0 radical (unpaired) electrons. The van der Waals surface area contributed by atoms with Crippen molar-refractivity contribution < 1.29 is 28.2 Å². The van der Waals surface area contributed by atoms with E-state index in [1.807, 2.05) is 6.92 Å². The summed E-state index contributed by atoms with van der Waals surface area (Å²) in [7, 11) is 0. The standard InChI is InChI=1S/C27H22ClFN2O5/c1-2-13-35-21-10-8-20(9-11-21)31-26(33)22(25(32)30-27(31)34)14-18-5-12-24(23(28)15-18)36-16-17-3-6-19(29)7-4-17/h3-12,14-15H,2,13,16H2,1H3,(H,30,32,34)/b22-14-. The molecule has 1 saturated heterocycles. The largest absolute Gasteiger partial charge is 0.494 e. The van der Waals surface area contributed by atoms with Crippen molar-refractivity contribution in [1.82, 2.24) is 5.32 Å². The van der Waals surface area contributed by atoms with Crippen molar-refractivity contribution in [3.8, 4) is 11.5 Å². The van der Waals surface area contributed by atoms with Crippen LogP contribution in [0.2, 0.25) is 5.02 Å². The molecule has 1 heterocycles. The van der Waals surface area contributed by atoms with Gasteiger partial charge in [0.1, 0.15) is 29.5 Å². The number of nitrogens with one attached hydrogen (secondary N) is 1. The minimum absolute atomic E-state index is 0.181. The maximum Gasteiger partial charge on any atom is 0.335 e. The summed E-state index contributed by atoms with van der Waals surface area (Å²) in [5, 5.41) is 2.44. The SMILES string of the molecule is CCCOc1ccc(N2C(=O)NC(=O)/C(=C/c3ccc(OCc4ccc(F)cc4)c(Cl)c3)C2=O)cc1. The second-order valence-corrected chi connectivity index (χ2v) is 8.31. The Balaban J connectivity index is 1.52. The molecule has 184 valence electrons. The monoisotopic (exact) mass is 508 g/mol. The summed E-state index contributed by atoms with van der Waals surface area (Å²) in [5.74, 6) is -0.928. The Hall–Kier alpha value is -4.17. The third-order valence-corrected chi connectivity index (χ3v) is 5.54. The van der Waals surface area contributed by atoms with E-state index in [0.29, 0.717) is 29.4 Å². The Morgan fingerprint density at radius 2 is 1.69 bits per heavy atom. The predicted octanol–water partition coefficient (Wildman–Crippen LogP) is 5.51. The third kappa shape index (κ3) is 5.72. The number of barbiturate groups is 1. The summed E-state index contributed by atoms with van der Waals surface area (Å²) in [5.41, 5.74) is 1.29. The number of hydrogen-bond acceptors (Lipinski definition) is 5. The van der Waals surface area contributed by atoms with Crippen molar-refractivity contribution in [2.75, 3.05) is 11.5 Å². The van der Waals surface area contributed by atoms with Crippen molar-refractivity contribution in [2.24, 2.45) is 0 Å². The minimum atomic E-state index is -0.841. The van der Waals surface area contributed by atoms with E-state index in [1.165, 1.54) is 24.3 Å². The molecule has 0 spiro atoms. The fourth-order valence-electron chi connectivity index (χ4n) is 3.44. The van der Waals surface area contributed by atoms with Gasteiger partial charge < -0.3 is 9.47 Å². The fourth-order valence-corrected chi connectivity index (χ4v) is 3.68. The van der Waals surface area contributed by atoms with E-state index in [0.717, 1.165) is 16.9 Å². The van der Waals surface area contributed by atoms with E-state index in [4.69, 9.17) is 21.1 Å². The molecule has 1 fully saturated rings. The van der Waals surface area contributed by atoms with Crippen molar-refractivity contribution in [2.45, 2.75) is 20.0 Å². The van der Waals surface area contributed by atoms with Crippen LogP contribution in [-0.4, -0.2) is 24.5 Å². The van der Waals surface area contributed by atoms with Crippen molar-refractivity contribution in [3.05, 3.63) is 94.3 Å². The Labute approximate surface area is 212 Å². The number of hydrogen-bond donors (Lipinski definition) is 1. The molecule has 0 aliphatic carbocycles. The highest BCUT2D eigenvalue weighted by molar-refractivity contribution is 6.39. The van der Waals surface area contributed by atoms with Crippen LogP contribution in [0, 0.1) is 5.82 Å². The number of ether oxygens (including phenoxy) is 2. The maximum atomic E-state index is 13.1. The number of halogens is 2. The average molecular weight is 509 g/mol. The van der Waals surface area contributed by atoms with Gasteiger partial charge in [0.2, 0.25) is 0 Å². The highest BCUT2D eigenvalue weighted by atomic mass is 35.5. The first-order valence-corrected chi connectivity index (χ1v) is 11.5. The van der Waals surface area contributed by atoms with Gasteiger partial charge in [0.15, 0.2) is 0 Å². The number of anilines is 1. The van der Waals surface area contributed by atoms with Crippen LogP contribution >= 0.6 is 11.6 Å². The van der Waals surface area contributed by atoms with Crippen LogP contribution < -0.4 is 19.7 Å². The lowest BCUT2D eigenvalue weighted by molar-refractivity contribution is -0.122. The molecule has 0 saturated carbocycles. The lowest BCUT2D eigenvalue weighted by atomic mass is 10.1. The van der Waals surface area contributed by atoms with E-state index in [1.54, 1.807) is 48.5 Å². The molecule has 36 heavy (non-hydrogen) atoms. The molecular formula is C27H22ClFN2O5. The molecule has 0 aromatic heterocycles. The first kappa shape index (κ1) is 24.9. The van der Waals surface area contributed by atoms with Gasteiger partial charge in [-0.05, 0) is 72.2 Å². The number of carbonyl (C=O) groups excluding carboxylic acids is 3. The van der Waals surface area contributed by atoms with Gasteiger partial charge >= 0.3 is 6.03 Å². The zero-order valence-electron chi connectivity index (χ0n) is 19.3. The number of carbonyl (C=O) groups is 3. The summed E-state index contributed by atoms with van der Waals surface area (Å²) in [4.78, 5) is 38.9. The van der Waals surface area contributed by atoms with Gasteiger partial charge in [-0.2, -0.15) is 0 Å². The Bertz CT molecular complexity index is 1320. The number of rotatable bonds is 8. The molecule has 0 atom stereocenters. The second kappa shape index (κ2) is 11.0. The lowest BCUT2D eigenvalue weighted by Crippen LogP contribution is -2.54. The number of nitrogens with zero attached hydrogens (tertiary/aromatic N) is 1. The molecule has 4 rings (SSSR count). The molecule has 3 aromatic carbocycles. The van der Waals surface area contributed by atoms with Crippen LogP contribution in [0.15, 0.2) is 72.3 Å². The smallest absolute Gasteiger partial charge is 0.335 e. The molecule has 9 heteroatoms. The lowest BCUT2D eigenvalue weighted by Gasteiger charge is -2.26. The highest BCUT2D eigenvalue weighted by Crippen LogP contribution is 2.29. The molecule has 3 aromatic rings. The van der Waals surface area contributed by atoms with Crippen LogP contribution in [0.25, 0.3) is 6.08 Å². The quantitative estimate of drug-likeness (QED) is 0.320. The summed E-state index contributed by atoms with van der Waals surface area (Å²) in [6.45, 7) is 2.71. The highest BCUT2D eigenvalue weighted by Gasteiger charge is 2.36. The van der Waals surface area contributed by atoms with E-state index in [-0.39, 0.29) is 23.0 Å². The first-order chi connectivity index (χ1) is 17.4. The van der Waals surface area contributed by atoms with Crippen molar-refractivity contribution in [3.63, 3.8) is 0 Å². The minimum Gasteiger partial charge on any atom is -0.494 e. The maximum absolute atomic E-state index is 13.1. The topological polar surface area (TPSA) is 84.9 Å². The molecule has 0 bridgehead atoms.